The second-order valence-corrected chi connectivity index (χ2v) is 12.3. The lowest BCUT2D eigenvalue weighted by molar-refractivity contribution is -0.117. The van der Waals surface area contributed by atoms with Crippen LogP contribution in [0.4, 0.5) is 10.7 Å². The Morgan fingerprint density at radius 2 is 1.77 bits per heavy atom. The van der Waals surface area contributed by atoms with Crippen LogP contribution in [0.1, 0.15) is 67.8 Å². The molecule has 7 heteroatoms. The highest BCUT2D eigenvalue weighted by molar-refractivity contribution is 7.17. The zero-order chi connectivity index (χ0) is 25.2. The number of benzene rings is 1. The fourth-order valence-electron chi connectivity index (χ4n) is 5.11. The van der Waals surface area contributed by atoms with Crippen molar-refractivity contribution >= 4 is 33.8 Å². The number of carbonyl (C=O) groups is 2. The molecular formula is C28H39N3O3S. The number of hydrogen-bond acceptors (Lipinski definition) is 5. The molecule has 2 N–H and O–H groups in total. The molecule has 1 aromatic heterocycles. The molecule has 4 rings (SSSR count). The number of piperidine rings is 1. The van der Waals surface area contributed by atoms with Gasteiger partial charge in [0, 0.05) is 10.6 Å². The standard InChI is InChI=1S/C28H39N3O3S/c1-18-12-14-31(15-13-18)17-24(32)30-27-25(26(33)29-20-7-9-21(34-5)10-8-20)22-11-6-19(28(2,3)4)16-23(22)35-27/h7-10,18-19H,6,11-17H2,1-5H3,(H,29,33)(H,30,32). The van der Waals surface area contributed by atoms with E-state index in [1.807, 2.05) is 24.3 Å². The summed E-state index contributed by atoms with van der Waals surface area (Å²) in [7, 11) is 1.62. The molecule has 6 nitrogen and oxygen atoms in total. The molecule has 35 heavy (non-hydrogen) atoms. The van der Waals surface area contributed by atoms with Crippen LogP contribution >= 0.6 is 11.3 Å². The first-order valence-electron chi connectivity index (χ1n) is 12.8. The van der Waals surface area contributed by atoms with Gasteiger partial charge in [0.1, 0.15) is 10.8 Å². The van der Waals surface area contributed by atoms with Crippen molar-refractivity contribution in [3.63, 3.8) is 0 Å². The third-order valence-electron chi connectivity index (χ3n) is 7.56. The van der Waals surface area contributed by atoms with Gasteiger partial charge in [0.15, 0.2) is 0 Å². The Balaban J connectivity index is 1.56. The molecule has 0 bridgehead atoms. The number of hydrogen-bond donors (Lipinski definition) is 2. The summed E-state index contributed by atoms with van der Waals surface area (Å²) in [4.78, 5) is 30.0. The first kappa shape index (κ1) is 25.7. The van der Waals surface area contributed by atoms with Gasteiger partial charge in [0.05, 0.1) is 19.2 Å². The SMILES string of the molecule is COc1ccc(NC(=O)c2c(NC(=O)CN3CCC(C)CC3)sc3c2CCC(C(C)(C)C)C3)cc1. The van der Waals surface area contributed by atoms with Gasteiger partial charge in [-0.25, -0.2) is 0 Å². The molecule has 1 aromatic carbocycles. The van der Waals surface area contributed by atoms with Gasteiger partial charge in [0.2, 0.25) is 5.91 Å². The molecule has 0 radical (unpaired) electrons. The predicted molar refractivity (Wildman–Crippen MR) is 144 cm³/mol. The maximum absolute atomic E-state index is 13.5. The summed E-state index contributed by atoms with van der Waals surface area (Å²) >= 11 is 1.59. The van der Waals surface area contributed by atoms with E-state index in [1.165, 1.54) is 4.88 Å². The van der Waals surface area contributed by atoms with Gasteiger partial charge >= 0.3 is 0 Å². The Hall–Kier alpha value is -2.38. The smallest absolute Gasteiger partial charge is 0.258 e. The van der Waals surface area contributed by atoms with Gasteiger partial charge < -0.3 is 15.4 Å². The summed E-state index contributed by atoms with van der Waals surface area (Å²) in [6.45, 7) is 11.4. The van der Waals surface area contributed by atoms with Gasteiger partial charge in [-0.2, -0.15) is 0 Å². The normalized spacial score (nSPS) is 19.2. The Morgan fingerprint density at radius 3 is 2.40 bits per heavy atom. The Bertz CT molecular complexity index is 1050. The number of nitrogens with one attached hydrogen (secondary N) is 2. The summed E-state index contributed by atoms with van der Waals surface area (Å²) in [5.41, 5.74) is 2.65. The van der Waals surface area contributed by atoms with Gasteiger partial charge in [0.25, 0.3) is 5.91 Å². The van der Waals surface area contributed by atoms with Crippen molar-refractivity contribution in [2.75, 3.05) is 37.4 Å². The van der Waals surface area contributed by atoms with Crippen molar-refractivity contribution in [3.05, 3.63) is 40.3 Å². The van der Waals surface area contributed by atoms with Crippen molar-refractivity contribution in [1.82, 2.24) is 4.90 Å². The van der Waals surface area contributed by atoms with Crippen LogP contribution in [0.3, 0.4) is 0 Å². The zero-order valence-electron chi connectivity index (χ0n) is 21.7. The molecule has 1 saturated heterocycles. The predicted octanol–water partition coefficient (Wildman–Crippen LogP) is 5.83. The van der Waals surface area contributed by atoms with E-state index in [1.54, 1.807) is 18.4 Å². The second kappa shape index (κ2) is 10.7. The summed E-state index contributed by atoms with van der Waals surface area (Å²) < 4.78 is 5.23. The number of nitrogens with zero attached hydrogens (tertiary/aromatic N) is 1. The maximum atomic E-state index is 13.5. The van der Waals surface area contributed by atoms with E-state index in [4.69, 9.17) is 4.74 Å². The van der Waals surface area contributed by atoms with Crippen LogP contribution in [0.2, 0.25) is 0 Å². The van der Waals surface area contributed by atoms with Crippen LogP contribution in [0.15, 0.2) is 24.3 Å². The average molecular weight is 498 g/mol. The minimum atomic E-state index is -0.163. The number of ether oxygens (including phenoxy) is 1. The number of anilines is 2. The van der Waals surface area contributed by atoms with E-state index in [0.29, 0.717) is 28.7 Å². The minimum absolute atomic E-state index is 0.0379. The average Bonchev–Trinajstić information content (AvgIpc) is 3.17. The summed E-state index contributed by atoms with van der Waals surface area (Å²) in [6, 6.07) is 7.32. The summed E-state index contributed by atoms with van der Waals surface area (Å²) in [5, 5.41) is 6.85. The molecule has 0 saturated carbocycles. The Morgan fingerprint density at radius 1 is 1.09 bits per heavy atom. The molecule has 0 spiro atoms. The highest BCUT2D eigenvalue weighted by atomic mass is 32.1. The highest BCUT2D eigenvalue weighted by Gasteiger charge is 2.34. The molecule has 2 aromatic rings. The lowest BCUT2D eigenvalue weighted by Crippen LogP contribution is -2.38. The van der Waals surface area contributed by atoms with E-state index in [0.717, 1.165) is 62.4 Å². The first-order valence-corrected chi connectivity index (χ1v) is 13.6. The van der Waals surface area contributed by atoms with E-state index in [-0.39, 0.29) is 17.2 Å². The number of rotatable bonds is 6. The molecule has 1 unspecified atom stereocenters. The van der Waals surface area contributed by atoms with E-state index in [2.05, 4.69) is 43.2 Å². The fraction of sp³-hybridized carbons (Fsp3) is 0.571. The number of fused-ring (bicyclic) bond motifs is 1. The van der Waals surface area contributed by atoms with Crippen LogP contribution < -0.4 is 15.4 Å². The monoisotopic (exact) mass is 497 g/mol. The van der Waals surface area contributed by atoms with Crippen molar-refractivity contribution in [2.45, 2.75) is 59.8 Å². The van der Waals surface area contributed by atoms with Gasteiger partial charge in [-0.3, -0.25) is 14.5 Å². The lowest BCUT2D eigenvalue weighted by Gasteiger charge is -2.33. The molecule has 1 atom stereocenters. The maximum Gasteiger partial charge on any atom is 0.258 e. The number of carbonyl (C=O) groups excluding carboxylic acids is 2. The first-order chi connectivity index (χ1) is 16.6. The van der Waals surface area contributed by atoms with Gasteiger partial charge in [-0.05, 0) is 92.3 Å². The summed E-state index contributed by atoms with van der Waals surface area (Å²) in [5.74, 6) is 1.82. The topological polar surface area (TPSA) is 70.7 Å². The number of likely N-dealkylation sites (tertiary alicyclic amines) is 1. The minimum Gasteiger partial charge on any atom is -0.497 e. The molecule has 1 aliphatic heterocycles. The molecule has 1 aliphatic carbocycles. The Kier molecular flexibility index (Phi) is 7.86. The van der Waals surface area contributed by atoms with Crippen LogP contribution in [0.25, 0.3) is 0 Å². The lowest BCUT2D eigenvalue weighted by atomic mass is 9.72. The number of methoxy groups -OCH3 is 1. The third-order valence-corrected chi connectivity index (χ3v) is 8.73. The molecule has 2 heterocycles. The fourth-order valence-corrected chi connectivity index (χ4v) is 6.45. The van der Waals surface area contributed by atoms with Crippen molar-refractivity contribution < 1.29 is 14.3 Å². The third kappa shape index (κ3) is 6.25. The van der Waals surface area contributed by atoms with Gasteiger partial charge in [-0.15, -0.1) is 11.3 Å². The van der Waals surface area contributed by atoms with E-state index in [9.17, 15) is 9.59 Å². The van der Waals surface area contributed by atoms with Crippen LogP contribution in [0.5, 0.6) is 5.75 Å². The second-order valence-electron chi connectivity index (χ2n) is 11.2. The Labute approximate surface area is 213 Å². The molecule has 1 fully saturated rings. The van der Waals surface area contributed by atoms with Crippen LogP contribution in [-0.2, 0) is 17.6 Å². The highest BCUT2D eigenvalue weighted by Crippen LogP contribution is 2.44. The zero-order valence-corrected chi connectivity index (χ0v) is 22.5. The number of amides is 2. The molecular weight excluding hydrogens is 458 g/mol. The summed E-state index contributed by atoms with van der Waals surface area (Å²) in [6.07, 6.45) is 5.12. The number of thiophene rings is 1. The van der Waals surface area contributed by atoms with Crippen molar-refractivity contribution in [1.29, 1.82) is 0 Å². The van der Waals surface area contributed by atoms with Crippen LogP contribution in [-0.4, -0.2) is 43.5 Å². The quantitative estimate of drug-likeness (QED) is 0.527. The van der Waals surface area contributed by atoms with E-state index < -0.39 is 0 Å². The molecule has 190 valence electrons. The van der Waals surface area contributed by atoms with Crippen molar-refractivity contribution in [2.24, 2.45) is 17.3 Å². The van der Waals surface area contributed by atoms with E-state index >= 15 is 0 Å². The molecule has 2 aliphatic rings. The van der Waals surface area contributed by atoms with Crippen LogP contribution in [0, 0.1) is 17.3 Å². The molecule has 2 amide bonds. The largest absolute Gasteiger partial charge is 0.497 e. The van der Waals surface area contributed by atoms with Gasteiger partial charge in [-0.1, -0.05) is 27.7 Å². The van der Waals surface area contributed by atoms with Crippen molar-refractivity contribution in [3.8, 4) is 5.75 Å².